The molecule has 2 N–H and O–H groups in total. The summed E-state index contributed by atoms with van der Waals surface area (Å²) in [6.07, 6.45) is 1.27. The number of benzene rings is 1. The summed E-state index contributed by atoms with van der Waals surface area (Å²) in [6.45, 7) is 6.66. The van der Waals surface area contributed by atoms with E-state index in [-0.39, 0.29) is 42.8 Å². The van der Waals surface area contributed by atoms with E-state index in [0.29, 0.717) is 52.8 Å². The maximum atomic E-state index is 13.1. The Labute approximate surface area is 202 Å². The second-order valence-electron chi connectivity index (χ2n) is 8.33. The first-order chi connectivity index (χ1) is 15.8. The molecule has 1 aliphatic rings. The number of hydrogen-bond donors (Lipinski definition) is 2. The third-order valence-corrected chi connectivity index (χ3v) is 6.61. The number of amides is 3. The number of aromatic nitrogens is 1. The highest BCUT2D eigenvalue weighted by Crippen LogP contribution is 2.24. The van der Waals surface area contributed by atoms with Gasteiger partial charge < -0.3 is 20.3 Å². The zero-order valence-corrected chi connectivity index (χ0v) is 20.6. The van der Waals surface area contributed by atoms with Crippen LogP contribution in [-0.4, -0.2) is 59.9 Å². The van der Waals surface area contributed by atoms with Crippen molar-refractivity contribution < 1.29 is 19.1 Å². The average molecular weight is 493 g/mol. The van der Waals surface area contributed by atoms with Gasteiger partial charge in [-0.25, -0.2) is 4.98 Å². The predicted molar refractivity (Wildman–Crippen MR) is 128 cm³/mol. The summed E-state index contributed by atoms with van der Waals surface area (Å²) in [5.41, 5.74) is 2.63. The summed E-state index contributed by atoms with van der Waals surface area (Å²) < 4.78 is 5.94. The van der Waals surface area contributed by atoms with Crippen molar-refractivity contribution >= 4 is 40.7 Å². The summed E-state index contributed by atoms with van der Waals surface area (Å²) in [7, 11) is 0. The Balaban J connectivity index is 1.82. The normalized spacial score (nSPS) is 18.5. The van der Waals surface area contributed by atoms with Crippen molar-refractivity contribution in [1.82, 2.24) is 20.5 Å². The van der Waals surface area contributed by atoms with Gasteiger partial charge in [0.25, 0.3) is 11.8 Å². The molecule has 0 saturated heterocycles. The van der Waals surface area contributed by atoms with Crippen LogP contribution in [0.25, 0.3) is 0 Å². The third kappa shape index (κ3) is 6.68. The Morgan fingerprint density at radius 1 is 1.30 bits per heavy atom. The Kier molecular flexibility index (Phi) is 8.68. The van der Waals surface area contributed by atoms with Crippen LogP contribution in [0.1, 0.15) is 52.4 Å². The lowest BCUT2D eigenvalue weighted by Crippen LogP contribution is -2.48. The first-order valence-corrected chi connectivity index (χ1v) is 12.2. The minimum Gasteiger partial charge on any atom is -0.491 e. The predicted octanol–water partition coefficient (Wildman–Crippen LogP) is 3.29. The maximum Gasteiger partial charge on any atom is 0.266 e. The standard InChI is InChI=1S/C23H29ClN4O4S/c1-14(2)18-12-32-19-7-6-16(24)10-17(19)22(30)25-8-4-5-9-28(11-20(29)27-18)23(31)21-15(3)26-13-33-21/h6-7,10,13-14,18H,4-5,8-9,11-12H2,1-3H3,(H,25,30)(H,27,29)/t18-/m0/s1. The third-order valence-electron chi connectivity index (χ3n) is 5.46. The summed E-state index contributed by atoms with van der Waals surface area (Å²) in [4.78, 5) is 44.9. The van der Waals surface area contributed by atoms with Gasteiger partial charge in [0.2, 0.25) is 5.91 Å². The zero-order chi connectivity index (χ0) is 24.0. The van der Waals surface area contributed by atoms with Crippen LogP contribution in [0.5, 0.6) is 5.75 Å². The number of carbonyl (C=O) groups excluding carboxylic acids is 3. The minimum atomic E-state index is -0.309. The summed E-state index contributed by atoms with van der Waals surface area (Å²) in [5, 5.41) is 6.31. The van der Waals surface area contributed by atoms with Gasteiger partial charge >= 0.3 is 0 Å². The fourth-order valence-corrected chi connectivity index (χ4v) is 4.38. The molecule has 0 aliphatic carbocycles. The first kappa shape index (κ1) is 25.0. The monoisotopic (exact) mass is 492 g/mol. The lowest BCUT2D eigenvalue weighted by molar-refractivity contribution is -0.123. The second kappa shape index (κ2) is 11.5. The Morgan fingerprint density at radius 2 is 2.09 bits per heavy atom. The van der Waals surface area contributed by atoms with Gasteiger partial charge in [-0.3, -0.25) is 14.4 Å². The van der Waals surface area contributed by atoms with Gasteiger partial charge in [-0.15, -0.1) is 11.3 Å². The van der Waals surface area contributed by atoms with Gasteiger partial charge in [0, 0.05) is 18.1 Å². The molecule has 3 rings (SSSR count). The van der Waals surface area contributed by atoms with Crippen LogP contribution in [0.3, 0.4) is 0 Å². The number of halogens is 1. The molecule has 10 heteroatoms. The number of thiazole rings is 1. The molecule has 1 atom stereocenters. The number of carbonyl (C=O) groups is 3. The largest absolute Gasteiger partial charge is 0.491 e. The molecule has 0 bridgehead atoms. The smallest absolute Gasteiger partial charge is 0.266 e. The molecule has 2 heterocycles. The average Bonchev–Trinajstić information content (AvgIpc) is 3.20. The fraction of sp³-hybridized carbons (Fsp3) is 0.478. The van der Waals surface area contributed by atoms with Crippen LogP contribution in [0.2, 0.25) is 5.02 Å². The maximum absolute atomic E-state index is 13.1. The van der Waals surface area contributed by atoms with Crippen LogP contribution in [-0.2, 0) is 4.79 Å². The molecule has 0 fully saturated rings. The zero-order valence-electron chi connectivity index (χ0n) is 19.0. The van der Waals surface area contributed by atoms with Crippen molar-refractivity contribution in [3.05, 3.63) is 44.9 Å². The van der Waals surface area contributed by atoms with E-state index in [4.69, 9.17) is 16.3 Å². The van der Waals surface area contributed by atoms with E-state index in [1.807, 2.05) is 13.8 Å². The molecule has 3 amide bonds. The minimum absolute atomic E-state index is 0.0576. The number of nitrogens with one attached hydrogen (secondary N) is 2. The van der Waals surface area contributed by atoms with Crippen LogP contribution in [0, 0.1) is 12.8 Å². The van der Waals surface area contributed by atoms with E-state index in [2.05, 4.69) is 15.6 Å². The highest BCUT2D eigenvalue weighted by Gasteiger charge is 2.25. The van der Waals surface area contributed by atoms with E-state index in [9.17, 15) is 14.4 Å². The second-order valence-corrected chi connectivity index (χ2v) is 9.62. The lowest BCUT2D eigenvalue weighted by Gasteiger charge is -2.26. The summed E-state index contributed by atoms with van der Waals surface area (Å²) in [5.74, 6) is -0.266. The molecule has 1 aromatic heterocycles. The van der Waals surface area contributed by atoms with Crippen molar-refractivity contribution in [2.24, 2.45) is 5.92 Å². The highest BCUT2D eigenvalue weighted by atomic mass is 35.5. The Morgan fingerprint density at radius 3 is 2.79 bits per heavy atom. The fourth-order valence-electron chi connectivity index (χ4n) is 3.44. The molecule has 0 unspecified atom stereocenters. The molecule has 0 saturated carbocycles. The molecule has 1 aliphatic heterocycles. The highest BCUT2D eigenvalue weighted by molar-refractivity contribution is 7.11. The Hall–Kier alpha value is -2.65. The molecule has 8 nitrogen and oxygen atoms in total. The number of fused-ring (bicyclic) bond motifs is 1. The molecular weight excluding hydrogens is 464 g/mol. The van der Waals surface area contributed by atoms with Gasteiger partial charge in [-0.1, -0.05) is 25.4 Å². The lowest BCUT2D eigenvalue weighted by atomic mass is 10.1. The Bertz CT molecular complexity index is 1010. The van der Waals surface area contributed by atoms with Crippen molar-refractivity contribution in [2.75, 3.05) is 26.2 Å². The number of aryl methyl sites for hydroxylation is 1. The van der Waals surface area contributed by atoms with Crippen LogP contribution >= 0.6 is 22.9 Å². The number of nitrogens with zero attached hydrogens (tertiary/aromatic N) is 2. The van der Waals surface area contributed by atoms with Crippen molar-refractivity contribution in [3.8, 4) is 5.75 Å². The molecular formula is C23H29ClN4O4S. The molecule has 0 radical (unpaired) electrons. The molecule has 0 spiro atoms. The number of rotatable bonds is 2. The first-order valence-electron chi connectivity index (χ1n) is 11.0. The summed E-state index contributed by atoms with van der Waals surface area (Å²) >= 11 is 7.37. The summed E-state index contributed by atoms with van der Waals surface area (Å²) in [6, 6.07) is 4.59. The number of hydrogen-bond acceptors (Lipinski definition) is 6. The molecule has 33 heavy (non-hydrogen) atoms. The van der Waals surface area contributed by atoms with Gasteiger partial charge in [-0.05, 0) is 43.9 Å². The molecule has 178 valence electrons. The van der Waals surface area contributed by atoms with E-state index in [0.717, 1.165) is 0 Å². The van der Waals surface area contributed by atoms with E-state index >= 15 is 0 Å². The van der Waals surface area contributed by atoms with Crippen LogP contribution < -0.4 is 15.4 Å². The molecule has 2 aromatic rings. The van der Waals surface area contributed by atoms with Crippen molar-refractivity contribution in [2.45, 2.75) is 39.7 Å². The SMILES string of the molecule is Cc1ncsc1C(=O)N1CCCCNC(=O)c2cc(Cl)ccc2OC[C@@H](C(C)C)NC(=O)C1. The number of ether oxygens (including phenoxy) is 1. The van der Waals surface area contributed by atoms with Crippen molar-refractivity contribution in [1.29, 1.82) is 0 Å². The van der Waals surface area contributed by atoms with Gasteiger partial charge in [0.05, 0.1) is 29.4 Å². The van der Waals surface area contributed by atoms with Gasteiger partial charge in [0.15, 0.2) is 0 Å². The quantitative estimate of drug-likeness (QED) is 0.670. The van der Waals surface area contributed by atoms with Gasteiger partial charge in [-0.2, -0.15) is 0 Å². The van der Waals surface area contributed by atoms with Gasteiger partial charge in [0.1, 0.15) is 17.2 Å². The van der Waals surface area contributed by atoms with E-state index in [1.54, 1.807) is 35.5 Å². The van der Waals surface area contributed by atoms with Crippen molar-refractivity contribution in [3.63, 3.8) is 0 Å². The van der Waals surface area contributed by atoms with Crippen LogP contribution in [0.15, 0.2) is 23.7 Å². The molecule has 1 aromatic carbocycles. The van der Waals surface area contributed by atoms with E-state index < -0.39 is 0 Å². The van der Waals surface area contributed by atoms with Crippen LogP contribution in [0.4, 0.5) is 0 Å². The topological polar surface area (TPSA) is 101 Å². The van der Waals surface area contributed by atoms with E-state index in [1.165, 1.54) is 11.3 Å².